The molecule has 1 heterocycles. The van der Waals surface area contributed by atoms with Crippen LogP contribution in [0, 0.1) is 11.6 Å². The van der Waals surface area contributed by atoms with Crippen LogP contribution in [-0.2, 0) is 0 Å². The van der Waals surface area contributed by atoms with Crippen molar-refractivity contribution in [3.8, 4) is 0 Å². The Bertz CT molecular complexity index is 361. The second-order valence-corrected chi connectivity index (χ2v) is 3.04. The summed E-state index contributed by atoms with van der Waals surface area (Å²) in [6.07, 6.45) is 0. The molecule has 1 atom stereocenters. The molecule has 1 saturated heterocycles. The van der Waals surface area contributed by atoms with Crippen molar-refractivity contribution in [2.75, 3.05) is 6.54 Å². The van der Waals surface area contributed by atoms with Gasteiger partial charge >= 0.3 is 6.03 Å². The second-order valence-electron chi connectivity index (χ2n) is 3.04. The average Bonchev–Trinajstić information content (AvgIpc) is 2.51. The lowest BCUT2D eigenvalue weighted by molar-refractivity contribution is 0.247. The molecule has 0 aromatic heterocycles. The van der Waals surface area contributed by atoms with Gasteiger partial charge in [-0.2, -0.15) is 0 Å². The highest BCUT2D eigenvalue weighted by Crippen LogP contribution is 2.21. The summed E-state index contributed by atoms with van der Waals surface area (Å²) in [6, 6.07) is 2.60. The lowest BCUT2D eigenvalue weighted by Gasteiger charge is -2.10. The van der Waals surface area contributed by atoms with Gasteiger partial charge in [-0.15, -0.1) is 0 Å². The lowest BCUT2D eigenvalue weighted by atomic mass is 10.1. The first-order valence-electron chi connectivity index (χ1n) is 4.17. The number of hydrogen-bond donors (Lipinski definition) is 2. The van der Waals surface area contributed by atoms with Gasteiger partial charge in [0, 0.05) is 12.1 Å². The summed E-state index contributed by atoms with van der Waals surface area (Å²) < 4.78 is 26.4. The van der Waals surface area contributed by atoms with E-state index in [9.17, 15) is 13.6 Å². The molecular weight excluding hydrogens is 190 g/mol. The Balaban J connectivity index is 2.36. The van der Waals surface area contributed by atoms with Crippen molar-refractivity contribution in [1.82, 2.24) is 10.6 Å². The van der Waals surface area contributed by atoms with Gasteiger partial charge in [-0.1, -0.05) is 6.07 Å². The molecule has 0 spiro atoms. The van der Waals surface area contributed by atoms with Gasteiger partial charge in [0.25, 0.3) is 0 Å². The zero-order chi connectivity index (χ0) is 10.1. The van der Waals surface area contributed by atoms with Crippen LogP contribution in [0.4, 0.5) is 13.6 Å². The maximum Gasteiger partial charge on any atom is 0.315 e. The smallest absolute Gasteiger partial charge is 0.315 e. The number of halogens is 2. The molecular formula is C9H8F2N2O. The van der Waals surface area contributed by atoms with Gasteiger partial charge in [0.2, 0.25) is 0 Å². The molecule has 3 nitrogen and oxygen atoms in total. The molecule has 2 amide bonds. The van der Waals surface area contributed by atoms with E-state index in [2.05, 4.69) is 10.6 Å². The third-order valence-electron chi connectivity index (χ3n) is 2.12. The molecule has 2 rings (SSSR count). The Labute approximate surface area is 79.1 Å². The van der Waals surface area contributed by atoms with Crippen LogP contribution in [-0.4, -0.2) is 12.6 Å². The van der Waals surface area contributed by atoms with Crippen LogP contribution in [0.2, 0.25) is 0 Å². The molecule has 5 heteroatoms. The minimum atomic E-state index is -0.640. The maximum absolute atomic E-state index is 13.2. The molecule has 0 bridgehead atoms. The predicted molar refractivity (Wildman–Crippen MR) is 45.6 cm³/mol. The van der Waals surface area contributed by atoms with Gasteiger partial charge in [0.05, 0.1) is 6.04 Å². The van der Waals surface area contributed by atoms with Gasteiger partial charge < -0.3 is 10.6 Å². The van der Waals surface area contributed by atoms with Crippen LogP contribution in [0.3, 0.4) is 0 Å². The zero-order valence-corrected chi connectivity index (χ0v) is 7.18. The number of nitrogens with one attached hydrogen (secondary N) is 2. The number of carbonyl (C=O) groups is 1. The van der Waals surface area contributed by atoms with E-state index >= 15 is 0 Å². The van der Waals surface area contributed by atoms with Gasteiger partial charge in [0.15, 0.2) is 0 Å². The van der Waals surface area contributed by atoms with Crippen LogP contribution < -0.4 is 10.6 Å². The second kappa shape index (κ2) is 3.25. The highest BCUT2D eigenvalue weighted by atomic mass is 19.1. The summed E-state index contributed by atoms with van der Waals surface area (Å²) >= 11 is 0. The summed E-state index contributed by atoms with van der Waals surface area (Å²) in [5, 5.41) is 4.86. The van der Waals surface area contributed by atoms with Crippen LogP contribution in [0.1, 0.15) is 11.6 Å². The highest BCUT2D eigenvalue weighted by Gasteiger charge is 2.26. The average molecular weight is 198 g/mol. The van der Waals surface area contributed by atoms with E-state index in [4.69, 9.17) is 0 Å². The molecule has 2 N–H and O–H groups in total. The first-order valence-corrected chi connectivity index (χ1v) is 4.17. The maximum atomic E-state index is 13.2. The molecule has 1 aliphatic heterocycles. The Morgan fingerprint density at radius 2 is 1.93 bits per heavy atom. The van der Waals surface area contributed by atoms with E-state index in [-0.39, 0.29) is 12.1 Å². The minimum absolute atomic E-state index is 0.0918. The summed E-state index contributed by atoms with van der Waals surface area (Å²) in [6.45, 7) is 0.205. The van der Waals surface area contributed by atoms with Crippen LogP contribution in [0.5, 0.6) is 0 Å². The summed E-state index contributed by atoms with van der Waals surface area (Å²) in [5.41, 5.74) is -0.0918. The summed E-state index contributed by atoms with van der Waals surface area (Å²) in [5.74, 6) is -1.28. The first kappa shape index (κ1) is 8.93. The molecule has 1 aromatic rings. The van der Waals surface area contributed by atoms with Crippen molar-refractivity contribution >= 4 is 6.03 Å². The zero-order valence-electron chi connectivity index (χ0n) is 7.18. The van der Waals surface area contributed by atoms with Gasteiger partial charge in [-0.25, -0.2) is 13.6 Å². The first-order chi connectivity index (χ1) is 6.68. The largest absolute Gasteiger partial charge is 0.336 e. The highest BCUT2D eigenvalue weighted by molar-refractivity contribution is 5.76. The molecule has 0 unspecified atom stereocenters. The monoisotopic (exact) mass is 198 g/mol. The molecule has 74 valence electrons. The van der Waals surface area contributed by atoms with Crippen molar-refractivity contribution in [2.45, 2.75) is 6.04 Å². The van der Waals surface area contributed by atoms with E-state index in [0.29, 0.717) is 0 Å². The fraction of sp³-hybridized carbons (Fsp3) is 0.222. The number of carbonyl (C=O) groups excluding carboxylic acids is 1. The standard InChI is InChI=1S/C9H8F2N2O/c10-5-2-1-3-6(11)8(5)7-4-12-9(14)13-7/h1-3,7H,4H2,(H2,12,13,14)/t7-/m0/s1. The van der Waals surface area contributed by atoms with Crippen LogP contribution >= 0.6 is 0 Å². The van der Waals surface area contributed by atoms with E-state index in [1.54, 1.807) is 0 Å². The quantitative estimate of drug-likeness (QED) is 0.702. The van der Waals surface area contributed by atoms with Crippen molar-refractivity contribution in [3.63, 3.8) is 0 Å². The molecule has 1 aliphatic rings. The van der Waals surface area contributed by atoms with Crippen LogP contribution in [0.25, 0.3) is 0 Å². The number of hydrogen-bond acceptors (Lipinski definition) is 1. The van der Waals surface area contributed by atoms with Gasteiger partial charge in [-0.3, -0.25) is 0 Å². The van der Waals surface area contributed by atoms with E-state index in [1.807, 2.05) is 0 Å². The Hall–Kier alpha value is -1.65. The van der Waals surface area contributed by atoms with E-state index < -0.39 is 23.7 Å². The Morgan fingerprint density at radius 1 is 1.29 bits per heavy atom. The van der Waals surface area contributed by atoms with E-state index in [1.165, 1.54) is 18.2 Å². The van der Waals surface area contributed by atoms with Gasteiger partial charge in [-0.05, 0) is 12.1 Å². The molecule has 0 saturated carbocycles. The van der Waals surface area contributed by atoms with Crippen LogP contribution in [0.15, 0.2) is 18.2 Å². The van der Waals surface area contributed by atoms with Crippen molar-refractivity contribution in [3.05, 3.63) is 35.4 Å². The van der Waals surface area contributed by atoms with Crippen molar-refractivity contribution in [1.29, 1.82) is 0 Å². The molecule has 1 fully saturated rings. The fourth-order valence-electron chi connectivity index (χ4n) is 1.47. The molecule has 14 heavy (non-hydrogen) atoms. The number of amides is 2. The number of urea groups is 1. The Morgan fingerprint density at radius 3 is 2.43 bits per heavy atom. The third-order valence-corrected chi connectivity index (χ3v) is 2.12. The number of rotatable bonds is 1. The normalized spacial score (nSPS) is 20.4. The molecule has 1 aromatic carbocycles. The predicted octanol–water partition coefficient (Wildman–Crippen LogP) is 1.32. The number of benzene rings is 1. The lowest BCUT2D eigenvalue weighted by Crippen LogP contribution is -2.22. The summed E-state index contributed by atoms with van der Waals surface area (Å²) in [7, 11) is 0. The fourth-order valence-corrected chi connectivity index (χ4v) is 1.47. The van der Waals surface area contributed by atoms with Crippen molar-refractivity contribution in [2.24, 2.45) is 0 Å². The van der Waals surface area contributed by atoms with E-state index in [0.717, 1.165) is 0 Å². The summed E-state index contributed by atoms with van der Waals surface area (Å²) in [4.78, 5) is 10.8. The topological polar surface area (TPSA) is 41.1 Å². The Kier molecular flexibility index (Phi) is 2.07. The third kappa shape index (κ3) is 1.41. The molecule has 0 radical (unpaired) electrons. The van der Waals surface area contributed by atoms with Crippen molar-refractivity contribution < 1.29 is 13.6 Å². The SMILES string of the molecule is O=C1NC[C@@H](c2c(F)cccc2F)N1. The minimum Gasteiger partial charge on any atom is -0.336 e. The molecule has 0 aliphatic carbocycles. The van der Waals surface area contributed by atoms with Gasteiger partial charge in [0.1, 0.15) is 11.6 Å².